The van der Waals surface area contributed by atoms with Crippen LogP contribution in [0.5, 0.6) is 0 Å². The number of nitrogens with zero attached hydrogens (tertiary/aromatic N) is 2. The van der Waals surface area contributed by atoms with E-state index in [9.17, 15) is 0 Å². The summed E-state index contributed by atoms with van der Waals surface area (Å²) in [6, 6.07) is 8.06. The minimum atomic E-state index is 0.338. The zero-order chi connectivity index (χ0) is 14.3. The van der Waals surface area contributed by atoms with E-state index in [1.165, 1.54) is 18.4 Å². The van der Waals surface area contributed by atoms with Crippen molar-refractivity contribution in [2.75, 3.05) is 13.2 Å². The lowest BCUT2D eigenvalue weighted by Gasteiger charge is -2.29. The van der Waals surface area contributed by atoms with Crippen LogP contribution in [-0.4, -0.2) is 29.1 Å². The minimum absolute atomic E-state index is 0.338. The van der Waals surface area contributed by atoms with Gasteiger partial charge in [0.15, 0.2) is 0 Å². The van der Waals surface area contributed by atoms with E-state index < -0.39 is 0 Å². The number of ether oxygens (including phenoxy) is 1. The van der Waals surface area contributed by atoms with Crippen molar-refractivity contribution in [1.29, 1.82) is 0 Å². The van der Waals surface area contributed by atoms with Crippen LogP contribution in [0.25, 0.3) is 0 Å². The highest BCUT2D eigenvalue weighted by atomic mass is 16.5. The predicted molar refractivity (Wildman–Crippen MR) is 80.7 cm³/mol. The summed E-state index contributed by atoms with van der Waals surface area (Å²) < 4.78 is 11.4. The minimum Gasteiger partial charge on any atom is -0.468 e. The van der Waals surface area contributed by atoms with Gasteiger partial charge in [-0.05, 0) is 43.0 Å². The summed E-state index contributed by atoms with van der Waals surface area (Å²) in [7, 11) is 0. The van der Waals surface area contributed by atoms with Gasteiger partial charge in [-0.3, -0.25) is 9.88 Å². The van der Waals surface area contributed by atoms with Crippen molar-refractivity contribution in [2.24, 2.45) is 0 Å². The zero-order valence-corrected chi connectivity index (χ0v) is 12.3. The highest BCUT2D eigenvalue weighted by Crippen LogP contribution is 2.17. The van der Waals surface area contributed by atoms with Crippen molar-refractivity contribution in [2.45, 2.75) is 38.5 Å². The average Bonchev–Trinajstić information content (AvgIpc) is 3.02. The van der Waals surface area contributed by atoms with E-state index in [4.69, 9.17) is 9.15 Å². The third-order valence-corrected chi connectivity index (χ3v) is 3.82. The number of rotatable bonds is 6. The lowest BCUT2D eigenvalue weighted by molar-refractivity contribution is -0.00975. The molecule has 1 aliphatic rings. The third kappa shape index (κ3) is 4.41. The summed E-state index contributed by atoms with van der Waals surface area (Å²) >= 11 is 0. The van der Waals surface area contributed by atoms with Crippen LogP contribution >= 0.6 is 0 Å². The number of hydrogen-bond acceptors (Lipinski definition) is 4. The smallest absolute Gasteiger partial charge is 0.117 e. The second kappa shape index (κ2) is 7.38. The largest absolute Gasteiger partial charge is 0.468 e. The molecular weight excluding hydrogens is 264 g/mol. The Morgan fingerprint density at radius 1 is 1.19 bits per heavy atom. The van der Waals surface area contributed by atoms with Gasteiger partial charge in [0.1, 0.15) is 5.76 Å². The summed E-state index contributed by atoms with van der Waals surface area (Å²) in [5.41, 5.74) is 1.22. The molecule has 0 unspecified atom stereocenters. The summed E-state index contributed by atoms with van der Waals surface area (Å²) in [4.78, 5) is 6.58. The van der Waals surface area contributed by atoms with Crippen molar-refractivity contribution in [3.8, 4) is 0 Å². The van der Waals surface area contributed by atoms with Crippen LogP contribution in [0.15, 0.2) is 47.3 Å². The van der Waals surface area contributed by atoms with Gasteiger partial charge in [0.25, 0.3) is 0 Å². The highest BCUT2D eigenvalue weighted by molar-refractivity contribution is 5.09. The Hall–Kier alpha value is -1.65. The Kier molecular flexibility index (Phi) is 5.03. The first-order chi connectivity index (χ1) is 10.4. The fourth-order valence-corrected chi connectivity index (χ4v) is 2.80. The molecule has 4 nitrogen and oxygen atoms in total. The fourth-order valence-electron chi connectivity index (χ4n) is 2.80. The zero-order valence-electron chi connectivity index (χ0n) is 12.3. The predicted octanol–water partition coefficient (Wildman–Crippen LogP) is 3.25. The lowest BCUT2D eigenvalue weighted by Crippen LogP contribution is -2.35. The van der Waals surface area contributed by atoms with Gasteiger partial charge in [0.05, 0.1) is 18.9 Å². The lowest BCUT2D eigenvalue weighted by atomic mass is 10.1. The van der Waals surface area contributed by atoms with Crippen molar-refractivity contribution >= 4 is 0 Å². The first-order valence-corrected chi connectivity index (χ1v) is 7.65. The molecule has 0 spiro atoms. The first kappa shape index (κ1) is 14.3. The molecule has 0 aliphatic carbocycles. The van der Waals surface area contributed by atoms with E-state index in [-0.39, 0.29) is 0 Å². The number of pyridine rings is 1. The molecule has 21 heavy (non-hydrogen) atoms. The molecule has 1 saturated heterocycles. The molecule has 112 valence electrons. The molecule has 3 heterocycles. The molecule has 0 bridgehead atoms. The molecule has 0 amide bonds. The molecule has 4 heteroatoms. The topological polar surface area (TPSA) is 38.5 Å². The van der Waals surface area contributed by atoms with Crippen LogP contribution in [0.2, 0.25) is 0 Å². The van der Waals surface area contributed by atoms with Gasteiger partial charge >= 0.3 is 0 Å². The van der Waals surface area contributed by atoms with Crippen molar-refractivity contribution in [1.82, 2.24) is 9.88 Å². The second-order valence-corrected chi connectivity index (χ2v) is 5.60. The number of furan rings is 1. The van der Waals surface area contributed by atoms with Gasteiger partial charge in [0, 0.05) is 32.1 Å². The van der Waals surface area contributed by atoms with Crippen molar-refractivity contribution < 1.29 is 9.15 Å². The normalized spacial score (nSPS) is 19.0. The van der Waals surface area contributed by atoms with Crippen LogP contribution in [0.4, 0.5) is 0 Å². The molecule has 3 rings (SSSR count). The molecule has 0 radical (unpaired) electrons. The number of aromatic nitrogens is 1. The molecule has 1 atom stereocenters. The molecule has 0 saturated carbocycles. The molecule has 0 aromatic carbocycles. The van der Waals surface area contributed by atoms with Crippen LogP contribution in [0.3, 0.4) is 0 Å². The van der Waals surface area contributed by atoms with Gasteiger partial charge in [0.2, 0.25) is 0 Å². The van der Waals surface area contributed by atoms with Crippen LogP contribution in [-0.2, 0) is 17.8 Å². The molecule has 2 aromatic rings. The van der Waals surface area contributed by atoms with E-state index in [2.05, 4.69) is 16.0 Å². The maximum absolute atomic E-state index is 5.88. The van der Waals surface area contributed by atoms with Crippen molar-refractivity contribution in [3.63, 3.8) is 0 Å². The van der Waals surface area contributed by atoms with Gasteiger partial charge in [-0.2, -0.15) is 0 Å². The Labute approximate surface area is 125 Å². The first-order valence-electron chi connectivity index (χ1n) is 7.65. The number of hydrogen-bond donors (Lipinski definition) is 0. The van der Waals surface area contributed by atoms with Crippen LogP contribution in [0.1, 0.15) is 30.6 Å². The Bertz CT molecular complexity index is 507. The Balaban J connectivity index is 1.64. The SMILES string of the molecule is c1cncc(CN(Cc2ccco2)C[C@@H]2CCCCO2)c1. The van der Waals surface area contributed by atoms with E-state index in [0.29, 0.717) is 6.10 Å². The van der Waals surface area contributed by atoms with E-state index >= 15 is 0 Å². The van der Waals surface area contributed by atoms with Crippen LogP contribution < -0.4 is 0 Å². The van der Waals surface area contributed by atoms with E-state index in [1.54, 1.807) is 6.26 Å². The maximum atomic E-state index is 5.88. The monoisotopic (exact) mass is 286 g/mol. The van der Waals surface area contributed by atoms with Gasteiger partial charge in [-0.1, -0.05) is 6.07 Å². The average molecular weight is 286 g/mol. The van der Waals surface area contributed by atoms with Crippen molar-refractivity contribution in [3.05, 3.63) is 54.2 Å². The summed E-state index contributed by atoms with van der Waals surface area (Å²) in [6.07, 6.45) is 9.42. The quantitative estimate of drug-likeness (QED) is 0.817. The summed E-state index contributed by atoms with van der Waals surface area (Å²) in [6.45, 7) is 3.51. The molecular formula is C17H22N2O2. The molecule has 1 aliphatic heterocycles. The Morgan fingerprint density at radius 2 is 2.19 bits per heavy atom. The van der Waals surface area contributed by atoms with E-state index in [0.717, 1.165) is 38.4 Å². The van der Waals surface area contributed by atoms with Gasteiger partial charge < -0.3 is 9.15 Å². The summed E-state index contributed by atoms with van der Waals surface area (Å²) in [5.74, 6) is 0.995. The molecule has 0 N–H and O–H groups in total. The Morgan fingerprint density at radius 3 is 2.90 bits per heavy atom. The highest BCUT2D eigenvalue weighted by Gasteiger charge is 2.19. The molecule has 2 aromatic heterocycles. The van der Waals surface area contributed by atoms with Gasteiger partial charge in [-0.25, -0.2) is 0 Å². The van der Waals surface area contributed by atoms with Gasteiger partial charge in [-0.15, -0.1) is 0 Å². The van der Waals surface area contributed by atoms with Crippen LogP contribution in [0, 0.1) is 0 Å². The second-order valence-electron chi connectivity index (χ2n) is 5.60. The van der Waals surface area contributed by atoms with E-state index in [1.807, 2.05) is 30.6 Å². The molecule has 1 fully saturated rings. The third-order valence-electron chi connectivity index (χ3n) is 3.82. The fraction of sp³-hybridized carbons (Fsp3) is 0.471. The maximum Gasteiger partial charge on any atom is 0.117 e. The summed E-state index contributed by atoms with van der Waals surface area (Å²) in [5, 5.41) is 0. The standard InChI is InChI=1S/C17H22N2O2/c1-2-9-20-16(6-1)13-19(14-17-7-4-10-21-17)12-15-5-3-8-18-11-15/h3-5,7-8,10-11,16H,1-2,6,9,12-14H2/t16-/m0/s1.